The lowest BCUT2D eigenvalue weighted by Gasteiger charge is -2.42. The van der Waals surface area contributed by atoms with Gasteiger partial charge in [0.05, 0.1) is 6.61 Å². The quantitative estimate of drug-likeness (QED) is 0.363. The van der Waals surface area contributed by atoms with Crippen LogP contribution >= 0.6 is 0 Å². The van der Waals surface area contributed by atoms with Crippen molar-refractivity contribution in [3.05, 3.63) is 53.7 Å². The van der Waals surface area contributed by atoms with Crippen molar-refractivity contribution in [3.8, 4) is 0 Å². The second-order valence-electron chi connectivity index (χ2n) is 6.51. The first kappa shape index (κ1) is 21.4. The molecule has 148 valence electrons. The molecule has 1 aromatic rings. The maximum atomic E-state index is 10.7. The van der Waals surface area contributed by atoms with Crippen molar-refractivity contribution in [2.24, 2.45) is 4.99 Å². The minimum absolute atomic E-state index is 0.505. The average molecular weight is 377 g/mol. The third-order valence-corrected chi connectivity index (χ3v) is 4.74. The van der Waals surface area contributed by atoms with Crippen LogP contribution in [0, 0.1) is 6.92 Å². The van der Waals surface area contributed by atoms with E-state index >= 15 is 0 Å². The summed E-state index contributed by atoms with van der Waals surface area (Å²) in [5.41, 5.74) is 2.92. The highest BCUT2D eigenvalue weighted by molar-refractivity contribution is 5.75. The second-order valence-corrected chi connectivity index (χ2v) is 6.51. The maximum absolute atomic E-state index is 10.7. The predicted molar refractivity (Wildman–Crippen MR) is 102 cm³/mol. The lowest BCUT2D eigenvalue weighted by atomic mass is 9.88. The molecule has 27 heavy (non-hydrogen) atoms. The van der Waals surface area contributed by atoms with Crippen LogP contribution in [0.5, 0.6) is 0 Å². The van der Waals surface area contributed by atoms with Crippen LogP contribution in [0.2, 0.25) is 0 Å². The van der Waals surface area contributed by atoms with Gasteiger partial charge >= 0.3 is 0 Å². The Balaban J connectivity index is 2.31. The highest BCUT2D eigenvalue weighted by Crippen LogP contribution is 2.32. The number of ether oxygens (including phenoxy) is 1. The monoisotopic (exact) mass is 377 g/mol. The fourth-order valence-electron chi connectivity index (χ4n) is 3.16. The van der Waals surface area contributed by atoms with E-state index < -0.39 is 43.2 Å². The van der Waals surface area contributed by atoms with Crippen LogP contribution in [-0.2, 0) is 4.74 Å². The van der Waals surface area contributed by atoms with E-state index in [4.69, 9.17) is 4.74 Å². The molecule has 7 nitrogen and oxygen atoms in total. The Bertz CT molecular complexity index is 714. The lowest BCUT2D eigenvalue weighted by molar-refractivity contribution is -0.250. The standard InChI is InChI=1S/C20H27NO6/c1-4-12(9-21-5-2)13-6-7-14(11(3)8-13)16(23)20-19(26)18(25)17(24)15(10-22)27-20/h4-9,15-20,22-26H,1,10H2,2-3H3/b12-9+,21-5?/t15?,16-,17?,18?,19?,20?/m1/s1. The first-order valence-electron chi connectivity index (χ1n) is 8.75. The molecule has 7 heteroatoms. The van der Waals surface area contributed by atoms with Crippen molar-refractivity contribution in [3.63, 3.8) is 0 Å². The normalized spacial score (nSPS) is 30.5. The van der Waals surface area contributed by atoms with Crippen LogP contribution < -0.4 is 0 Å². The summed E-state index contributed by atoms with van der Waals surface area (Å²) in [6.07, 6.45) is -2.99. The molecule has 1 saturated heterocycles. The highest BCUT2D eigenvalue weighted by atomic mass is 16.6. The summed E-state index contributed by atoms with van der Waals surface area (Å²) < 4.78 is 5.45. The van der Waals surface area contributed by atoms with Gasteiger partial charge < -0.3 is 30.3 Å². The van der Waals surface area contributed by atoms with E-state index in [-0.39, 0.29) is 0 Å². The molecule has 0 aromatic heterocycles. The molecule has 1 aliphatic rings. The van der Waals surface area contributed by atoms with Gasteiger partial charge in [-0.3, -0.25) is 4.99 Å². The summed E-state index contributed by atoms with van der Waals surface area (Å²) in [5.74, 6) is 0. The van der Waals surface area contributed by atoms with Gasteiger partial charge in [0.15, 0.2) is 0 Å². The molecule has 1 heterocycles. The fourth-order valence-corrected chi connectivity index (χ4v) is 3.16. The van der Waals surface area contributed by atoms with Gasteiger partial charge in [-0.1, -0.05) is 30.9 Å². The van der Waals surface area contributed by atoms with Gasteiger partial charge in [0.25, 0.3) is 0 Å². The Morgan fingerprint density at radius 1 is 1.26 bits per heavy atom. The number of benzene rings is 1. The Labute approximate surface area is 158 Å². The van der Waals surface area contributed by atoms with Crippen LogP contribution in [-0.4, -0.2) is 68.9 Å². The molecule has 5 unspecified atom stereocenters. The minimum atomic E-state index is -1.53. The number of rotatable bonds is 6. The zero-order valence-corrected chi connectivity index (χ0v) is 15.4. The topological polar surface area (TPSA) is 123 Å². The van der Waals surface area contributed by atoms with Gasteiger partial charge in [-0.05, 0) is 36.1 Å². The molecule has 0 aliphatic carbocycles. The number of hydrogen-bond acceptors (Lipinski definition) is 7. The van der Waals surface area contributed by atoms with Crippen molar-refractivity contribution in [2.45, 2.75) is 50.5 Å². The number of nitrogens with zero attached hydrogens (tertiary/aromatic N) is 1. The van der Waals surface area contributed by atoms with Gasteiger partial charge in [0.2, 0.25) is 0 Å². The highest BCUT2D eigenvalue weighted by Gasteiger charge is 2.46. The van der Waals surface area contributed by atoms with Gasteiger partial charge in [0, 0.05) is 12.4 Å². The molecule has 5 N–H and O–H groups in total. The summed E-state index contributed by atoms with van der Waals surface area (Å²) in [5, 5.41) is 50.0. The molecule has 6 atom stereocenters. The van der Waals surface area contributed by atoms with E-state index in [0.717, 1.165) is 16.7 Å². The van der Waals surface area contributed by atoms with Crippen molar-refractivity contribution in [1.82, 2.24) is 0 Å². The summed E-state index contributed by atoms with van der Waals surface area (Å²) in [6.45, 7) is 6.84. The van der Waals surface area contributed by atoms with Crippen molar-refractivity contribution in [1.29, 1.82) is 0 Å². The smallest absolute Gasteiger partial charge is 0.117 e. The van der Waals surface area contributed by atoms with Crippen LogP contribution in [0.15, 0.2) is 42.0 Å². The number of hydrogen-bond donors (Lipinski definition) is 5. The Hall–Kier alpha value is -1.87. The van der Waals surface area contributed by atoms with Gasteiger partial charge in [-0.25, -0.2) is 0 Å². The van der Waals surface area contributed by atoms with Crippen molar-refractivity contribution < 1.29 is 30.3 Å². The second kappa shape index (κ2) is 9.36. The Kier molecular flexibility index (Phi) is 7.43. The molecular formula is C20H27NO6. The molecule has 0 bridgehead atoms. The van der Waals surface area contributed by atoms with Crippen LogP contribution in [0.25, 0.3) is 5.57 Å². The Morgan fingerprint density at radius 2 is 1.96 bits per heavy atom. The fraction of sp³-hybridized carbons (Fsp3) is 0.450. The number of allylic oxidation sites excluding steroid dienone is 2. The number of aryl methyl sites for hydroxylation is 1. The minimum Gasteiger partial charge on any atom is -0.394 e. The molecule has 1 aromatic carbocycles. The van der Waals surface area contributed by atoms with E-state index in [0.29, 0.717) is 5.56 Å². The zero-order valence-electron chi connectivity index (χ0n) is 15.4. The molecule has 0 amide bonds. The van der Waals surface area contributed by atoms with E-state index in [9.17, 15) is 25.5 Å². The molecule has 0 radical (unpaired) electrons. The van der Waals surface area contributed by atoms with Crippen molar-refractivity contribution in [2.75, 3.05) is 6.61 Å². The molecule has 2 rings (SSSR count). The summed E-state index contributed by atoms with van der Waals surface area (Å²) in [7, 11) is 0. The molecule has 0 saturated carbocycles. The van der Waals surface area contributed by atoms with E-state index in [1.165, 1.54) is 0 Å². The van der Waals surface area contributed by atoms with Crippen LogP contribution in [0.4, 0.5) is 0 Å². The largest absolute Gasteiger partial charge is 0.394 e. The van der Waals surface area contributed by atoms with Crippen LogP contribution in [0.1, 0.15) is 29.7 Å². The number of aliphatic hydroxyl groups excluding tert-OH is 5. The molecular weight excluding hydrogens is 350 g/mol. The van der Waals surface area contributed by atoms with Gasteiger partial charge in [0.1, 0.15) is 36.6 Å². The molecule has 0 spiro atoms. The Morgan fingerprint density at radius 3 is 2.52 bits per heavy atom. The van der Waals surface area contributed by atoms with Crippen molar-refractivity contribution >= 4 is 11.8 Å². The van der Waals surface area contributed by atoms with Gasteiger partial charge in [-0.2, -0.15) is 0 Å². The van der Waals surface area contributed by atoms with E-state index in [1.807, 2.05) is 13.0 Å². The summed E-state index contributed by atoms with van der Waals surface area (Å²) >= 11 is 0. The summed E-state index contributed by atoms with van der Waals surface area (Å²) in [6, 6.07) is 5.33. The lowest BCUT2D eigenvalue weighted by Crippen LogP contribution is -2.59. The third-order valence-electron chi connectivity index (χ3n) is 4.74. The SMILES string of the molecule is C=C/C(=C\N=CC)c1ccc([C@@H](O)C2OC(CO)C(O)C(O)C2O)c(C)c1. The average Bonchev–Trinajstić information content (AvgIpc) is 2.66. The van der Waals surface area contributed by atoms with E-state index in [2.05, 4.69) is 11.6 Å². The van der Waals surface area contributed by atoms with Crippen LogP contribution in [0.3, 0.4) is 0 Å². The van der Waals surface area contributed by atoms with E-state index in [1.54, 1.807) is 37.5 Å². The summed E-state index contributed by atoms with van der Waals surface area (Å²) in [4.78, 5) is 4.09. The third kappa shape index (κ3) is 4.52. The number of aliphatic hydroxyl groups is 5. The first-order valence-corrected chi connectivity index (χ1v) is 8.75. The molecule has 1 fully saturated rings. The predicted octanol–water partition coefficient (Wildman–Crippen LogP) is 0.488. The number of aliphatic imine (C=N–C) groups is 1. The maximum Gasteiger partial charge on any atom is 0.117 e. The first-order chi connectivity index (χ1) is 12.8. The zero-order chi connectivity index (χ0) is 20.1. The van der Waals surface area contributed by atoms with Gasteiger partial charge in [-0.15, -0.1) is 0 Å². The molecule has 1 aliphatic heterocycles.